The van der Waals surface area contributed by atoms with E-state index in [-0.39, 0.29) is 11.8 Å². The van der Waals surface area contributed by atoms with Crippen LogP contribution in [0.1, 0.15) is 34.7 Å². The maximum Gasteiger partial charge on any atom is 0.339 e. The van der Waals surface area contributed by atoms with Crippen molar-refractivity contribution in [2.75, 3.05) is 25.5 Å². The van der Waals surface area contributed by atoms with Gasteiger partial charge in [-0.15, -0.1) is 0 Å². The molecule has 0 aliphatic carbocycles. The van der Waals surface area contributed by atoms with Crippen LogP contribution in [0.5, 0.6) is 0 Å². The fourth-order valence-electron chi connectivity index (χ4n) is 3.80. The highest BCUT2D eigenvalue weighted by Crippen LogP contribution is 2.23. The van der Waals surface area contributed by atoms with Crippen molar-refractivity contribution >= 4 is 17.6 Å². The van der Waals surface area contributed by atoms with Crippen LogP contribution in [-0.4, -0.2) is 47.1 Å². The number of esters is 1. The molecule has 166 valence electrons. The first kappa shape index (κ1) is 21.7. The van der Waals surface area contributed by atoms with Gasteiger partial charge in [-0.3, -0.25) is 9.69 Å². The molecule has 1 aliphatic rings. The predicted octanol–water partition coefficient (Wildman–Crippen LogP) is 3.68. The lowest BCUT2D eigenvalue weighted by Gasteiger charge is -2.30. The fourth-order valence-corrected chi connectivity index (χ4v) is 3.80. The Bertz CT molecular complexity index is 1090. The van der Waals surface area contributed by atoms with Gasteiger partial charge in [0.2, 0.25) is 17.6 Å². The van der Waals surface area contributed by atoms with Gasteiger partial charge in [0.05, 0.1) is 24.9 Å². The van der Waals surface area contributed by atoms with Crippen molar-refractivity contribution in [3.63, 3.8) is 0 Å². The lowest BCUT2D eigenvalue weighted by atomic mass is 9.95. The maximum absolute atomic E-state index is 12.8. The number of amides is 1. The standard InChI is InChI=1S/C24H26N4O4/c1-16-7-9-17(10-8-16)22-26-21(32-27-22)15-28-13-11-18(12-14-28)23(29)25-20-6-4-3-5-19(20)24(30)31-2/h3-10,18H,11-15H2,1-2H3,(H,25,29). The molecule has 4 rings (SSSR count). The second-order valence-electron chi connectivity index (χ2n) is 7.95. The third-order valence-corrected chi connectivity index (χ3v) is 5.69. The van der Waals surface area contributed by atoms with Crippen LogP contribution < -0.4 is 5.32 Å². The van der Waals surface area contributed by atoms with Gasteiger partial charge in [0.1, 0.15) is 0 Å². The molecule has 0 radical (unpaired) electrons. The molecule has 1 saturated heterocycles. The zero-order valence-corrected chi connectivity index (χ0v) is 18.2. The van der Waals surface area contributed by atoms with Crippen molar-refractivity contribution in [2.24, 2.45) is 5.92 Å². The monoisotopic (exact) mass is 434 g/mol. The summed E-state index contributed by atoms with van der Waals surface area (Å²) >= 11 is 0. The Morgan fingerprint density at radius 2 is 1.84 bits per heavy atom. The Balaban J connectivity index is 1.31. The number of nitrogens with one attached hydrogen (secondary N) is 1. The maximum atomic E-state index is 12.8. The Morgan fingerprint density at radius 3 is 2.56 bits per heavy atom. The minimum absolute atomic E-state index is 0.0829. The van der Waals surface area contributed by atoms with Crippen molar-refractivity contribution in [1.82, 2.24) is 15.0 Å². The van der Waals surface area contributed by atoms with Crippen LogP contribution in [0.4, 0.5) is 5.69 Å². The van der Waals surface area contributed by atoms with Crippen LogP contribution in [-0.2, 0) is 16.1 Å². The summed E-state index contributed by atoms with van der Waals surface area (Å²) in [5, 5.41) is 6.97. The molecule has 0 unspecified atom stereocenters. The Hall–Kier alpha value is -3.52. The fraction of sp³-hybridized carbons (Fsp3) is 0.333. The van der Waals surface area contributed by atoms with E-state index < -0.39 is 5.97 Å². The van der Waals surface area contributed by atoms with Crippen LogP contribution in [0.25, 0.3) is 11.4 Å². The van der Waals surface area contributed by atoms with E-state index in [1.807, 2.05) is 31.2 Å². The van der Waals surface area contributed by atoms with Gasteiger partial charge in [0.25, 0.3) is 0 Å². The first-order valence-corrected chi connectivity index (χ1v) is 10.6. The number of hydrogen-bond acceptors (Lipinski definition) is 7. The average Bonchev–Trinajstić information content (AvgIpc) is 3.28. The highest BCUT2D eigenvalue weighted by molar-refractivity contribution is 6.01. The van der Waals surface area contributed by atoms with Gasteiger partial charge >= 0.3 is 5.97 Å². The summed E-state index contributed by atoms with van der Waals surface area (Å²) in [4.78, 5) is 31.4. The van der Waals surface area contributed by atoms with Crippen molar-refractivity contribution in [3.05, 3.63) is 65.5 Å². The van der Waals surface area contributed by atoms with Gasteiger partial charge in [-0.1, -0.05) is 47.1 Å². The number of anilines is 1. The predicted molar refractivity (Wildman–Crippen MR) is 119 cm³/mol. The smallest absolute Gasteiger partial charge is 0.339 e. The first-order valence-electron chi connectivity index (χ1n) is 10.6. The third kappa shape index (κ3) is 5.03. The second-order valence-corrected chi connectivity index (χ2v) is 7.95. The van der Waals surface area contributed by atoms with Gasteiger partial charge in [0, 0.05) is 11.5 Å². The molecule has 2 heterocycles. The molecule has 8 heteroatoms. The normalized spacial score (nSPS) is 14.8. The quantitative estimate of drug-likeness (QED) is 0.591. The second kappa shape index (κ2) is 9.74. The number of methoxy groups -OCH3 is 1. The number of likely N-dealkylation sites (tertiary alicyclic amines) is 1. The number of aryl methyl sites for hydroxylation is 1. The van der Waals surface area contributed by atoms with E-state index in [2.05, 4.69) is 20.4 Å². The SMILES string of the molecule is COC(=O)c1ccccc1NC(=O)C1CCN(Cc2nc(-c3ccc(C)cc3)no2)CC1. The number of carbonyl (C=O) groups is 2. The molecular formula is C24H26N4O4. The van der Waals surface area contributed by atoms with Crippen LogP contribution >= 0.6 is 0 Å². The summed E-state index contributed by atoms with van der Waals surface area (Å²) in [6, 6.07) is 14.9. The van der Waals surface area contributed by atoms with Gasteiger partial charge < -0.3 is 14.6 Å². The number of carbonyl (C=O) groups excluding carboxylic acids is 2. The molecule has 0 spiro atoms. The van der Waals surface area contributed by atoms with Crippen LogP contribution in [0.15, 0.2) is 53.1 Å². The molecule has 1 N–H and O–H groups in total. The van der Waals surface area contributed by atoms with Crippen molar-refractivity contribution < 1.29 is 18.8 Å². The molecule has 1 fully saturated rings. The molecule has 0 atom stereocenters. The highest BCUT2D eigenvalue weighted by Gasteiger charge is 2.27. The molecule has 0 bridgehead atoms. The van der Waals surface area contributed by atoms with E-state index in [1.165, 1.54) is 12.7 Å². The topological polar surface area (TPSA) is 97.6 Å². The van der Waals surface area contributed by atoms with E-state index >= 15 is 0 Å². The van der Waals surface area contributed by atoms with Gasteiger partial charge in [0.15, 0.2) is 0 Å². The number of hydrogen-bond donors (Lipinski definition) is 1. The Morgan fingerprint density at radius 1 is 1.12 bits per heavy atom. The number of para-hydroxylation sites is 1. The van der Waals surface area contributed by atoms with Crippen molar-refractivity contribution in [3.8, 4) is 11.4 Å². The van der Waals surface area contributed by atoms with Crippen LogP contribution in [0, 0.1) is 12.8 Å². The summed E-state index contributed by atoms with van der Waals surface area (Å²) < 4.78 is 10.2. The number of nitrogens with zero attached hydrogens (tertiary/aromatic N) is 3. The molecule has 1 aliphatic heterocycles. The summed E-state index contributed by atoms with van der Waals surface area (Å²) in [6.45, 7) is 4.09. The zero-order valence-electron chi connectivity index (χ0n) is 18.2. The molecule has 1 aromatic heterocycles. The molecular weight excluding hydrogens is 408 g/mol. The van der Waals surface area contributed by atoms with Crippen molar-refractivity contribution in [2.45, 2.75) is 26.3 Å². The minimum Gasteiger partial charge on any atom is -0.465 e. The van der Waals surface area contributed by atoms with E-state index in [9.17, 15) is 9.59 Å². The molecule has 2 aromatic carbocycles. The number of rotatable bonds is 6. The minimum atomic E-state index is -0.472. The lowest BCUT2D eigenvalue weighted by Crippen LogP contribution is -2.38. The third-order valence-electron chi connectivity index (χ3n) is 5.69. The van der Waals surface area contributed by atoms with E-state index in [4.69, 9.17) is 9.26 Å². The number of benzene rings is 2. The average molecular weight is 434 g/mol. The summed E-state index contributed by atoms with van der Waals surface area (Å²) in [5.41, 5.74) is 2.93. The highest BCUT2D eigenvalue weighted by atomic mass is 16.5. The zero-order chi connectivity index (χ0) is 22.5. The largest absolute Gasteiger partial charge is 0.465 e. The first-order chi connectivity index (χ1) is 15.5. The summed E-state index contributed by atoms with van der Waals surface area (Å²) in [7, 11) is 1.32. The van der Waals surface area contributed by atoms with Gasteiger partial charge in [-0.05, 0) is 45.0 Å². The van der Waals surface area contributed by atoms with Gasteiger partial charge in [-0.25, -0.2) is 4.79 Å². The van der Waals surface area contributed by atoms with E-state index in [1.54, 1.807) is 24.3 Å². The van der Waals surface area contributed by atoms with Crippen molar-refractivity contribution in [1.29, 1.82) is 0 Å². The molecule has 1 amide bonds. The summed E-state index contributed by atoms with van der Waals surface area (Å²) in [6.07, 6.45) is 1.43. The van der Waals surface area contributed by atoms with Crippen LogP contribution in [0.3, 0.4) is 0 Å². The number of aromatic nitrogens is 2. The molecule has 0 saturated carbocycles. The molecule has 8 nitrogen and oxygen atoms in total. The Labute approximate surface area is 186 Å². The van der Waals surface area contributed by atoms with Crippen LogP contribution in [0.2, 0.25) is 0 Å². The molecule has 32 heavy (non-hydrogen) atoms. The Kier molecular flexibility index (Phi) is 6.61. The number of piperidine rings is 1. The number of ether oxygens (including phenoxy) is 1. The lowest BCUT2D eigenvalue weighted by molar-refractivity contribution is -0.121. The van der Waals surface area contributed by atoms with Gasteiger partial charge in [-0.2, -0.15) is 4.98 Å². The van der Waals surface area contributed by atoms with E-state index in [0.717, 1.165) is 18.7 Å². The molecule has 3 aromatic rings. The summed E-state index contributed by atoms with van der Waals surface area (Å²) in [5.74, 6) is 0.470. The van der Waals surface area contributed by atoms with E-state index in [0.29, 0.717) is 42.4 Å².